The van der Waals surface area contributed by atoms with Gasteiger partial charge in [0.25, 0.3) is 11.4 Å². The van der Waals surface area contributed by atoms with Crippen LogP contribution in [0.5, 0.6) is 0 Å². The summed E-state index contributed by atoms with van der Waals surface area (Å²) >= 11 is 4.65. The van der Waals surface area contributed by atoms with E-state index < -0.39 is 76.3 Å². The van der Waals surface area contributed by atoms with Crippen molar-refractivity contribution in [2.24, 2.45) is 4.99 Å². The van der Waals surface area contributed by atoms with Crippen molar-refractivity contribution in [1.29, 1.82) is 0 Å². The third kappa shape index (κ3) is 7.23. The number of hydrogen-bond acceptors (Lipinski definition) is 14. The van der Waals surface area contributed by atoms with Gasteiger partial charge < -0.3 is 24.3 Å². The highest BCUT2D eigenvalue weighted by atomic mass is 32.1. The minimum atomic E-state index is -1.38. The maximum atomic E-state index is 11.9. The predicted molar refractivity (Wildman–Crippen MR) is 119 cm³/mol. The minimum absolute atomic E-state index is 0.212. The van der Waals surface area contributed by atoms with Crippen molar-refractivity contribution in [2.45, 2.75) is 51.4 Å². The van der Waals surface area contributed by atoms with Crippen molar-refractivity contribution >= 4 is 52.3 Å². The number of carbonyl (C=O) groups is 3. The van der Waals surface area contributed by atoms with E-state index in [1.54, 1.807) is 0 Å². The molecule has 0 saturated carbocycles. The Morgan fingerprint density at radius 1 is 1.09 bits per heavy atom. The molecule has 1 aliphatic heterocycles. The number of thiocarbonyl (C=S) groups is 1. The van der Waals surface area contributed by atoms with Crippen LogP contribution in [0.3, 0.4) is 0 Å². The Morgan fingerprint density at radius 3 is 2.23 bits per heavy atom. The minimum Gasteiger partial charge on any atom is -0.463 e. The van der Waals surface area contributed by atoms with E-state index in [2.05, 4.69) is 27.7 Å². The molecule has 15 nitrogen and oxygen atoms in total. The van der Waals surface area contributed by atoms with Gasteiger partial charge in [0, 0.05) is 26.8 Å². The lowest BCUT2D eigenvalue weighted by Gasteiger charge is -2.43. The first-order valence-electron chi connectivity index (χ1n) is 9.84. The Balaban J connectivity index is 2.58. The number of esters is 3. The number of nitrogens with one attached hydrogen (secondary N) is 1. The number of nitrogens with zero attached hydrogens (tertiary/aromatic N) is 3. The topological polar surface area (TPSA) is 199 Å². The molecule has 0 amide bonds. The Hall–Kier alpha value is -4.01. The number of non-ortho nitro benzene ring substituents is 1. The van der Waals surface area contributed by atoms with Gasteiger partial charge in [0.15, 0.2) is 18.4 Å². The Labute approximate surface area is 202 Å². The summed E-state index contributed by atoms with van der Waals surface area (Å²) in [4.78, 5) is 59.8. The zero-order valence-corrected chi connectivity index (χ0v) is 19.4. The molecule has 2 rings (SSSR count). The molecule has 1 aromatic carbocycles. The molecular weight excluding hydrogens is 492 g/mol. The van der Waals surface area contributed by atoms with E-state index in [-0.39, 0.29) is 5.69 Å². The van der Waals surface area contributed by atoms with Gasteiger partial charge in [-0.25, -0.2) is 0 Å². The van der Waals surface area contributed by atoms with Gasteiger partial charge >= 0.3 is 17.9 Å². The normalized spacial score (nSPS) is 23.2. The maximum Gasteiger partial charge on any atom is 0.303 e. The molecule has 0 unspecified atom stereocenters. The first kappa shape index (κ1) is 27.2. The van der Waals surface area contributed by atoms with Crippen molar-refractivity contribution in [2.75, 3.05) is 11.9 Å². The van der Waals surface area contributed by atoms with Crippen LogP contribution in [-0.4, -0.2) is 70.1 Å². The van der Waals surface area contributed by atoms with Crippen LogP contribution < -0.4 is 5.32 Å². The summed E-state index contributed by atoms with van der Waals surface area (Å²) in [5, 5.41) is 27.4. The third-order valence-electron chi connectivity index (χ3n) is 4.61. The molecule has 1 aromatic rings. The quantitative estimate of drug-likeness (QED) is 0.125. The van der Waals surface area contributed by atoms with Crippen LogP contribution in [0.15, 0.2) is 23.2 Å². The molecule has 0 bridgehead atoms. The number of isothiocyanates is 1. The molecule has 35 heavy (non-hydrogen) atoms. The highest BCUT2D eigenvalue weighted by Gasteiger charge is 2.51. The second-order valence-corrected chi connectivity index (χ2v) is 7.30. The van der Waals surface area contributed by atoms with E-state index >= 15 is 0 Å². The van der Waals surface area contributed by atoms with Crippen LogP contribution in [0, 0.1) is 20.2 Å². The molecule has 1 heterocycles. The van der Waals surface area contributed by atoms with E-state index in [0.717, 1.165) is 39.0 Å². The molecular formula is C19H20N4O11S. The molecule has 0 radical (unpaired) electrons. The van der Waals surface area contributed by atoms with E-state index in [4.69, 9.17) is 18.9 Å². The maximum absolute atomic E-state index is 11.9. The molecule has 16 heteroatoms. The van der Waals surface area contributed by atoms with Crippen molar-refractivity contribution in [3.8, 4) is 0 Å². The molecule has 0 aliphatic carbocycles. The van der Waals surface area contributed by atoms with E-state index in [1.807, 2.05) is 0 Å². The molecule has 1 saturated heterocycles. The fourth-order valence-electron chi connectivity index (χ4n) is 3.32. The third-order valence-corrected chi connectivity index (χ3v) is 4.72. The number of hydrogen-bond donors (Lipinski definition) is 1. The molecule has 0 spiro atoms. The summed E-state index contributed by atoms with van der Waals surface area (Å²) in [6.45, 7) is 2.87. The molecule has 188 valence electrons. The first-order valence-corrected chi connectivity index (χ1v) is 10.2. The summed E-state index contributed by atoms with van der Waals surface area (Å²) < 4.78 is 21.4. The summed E-state index contributed by atoms with van der Waals surface area (Å²) in [6, 6.07) is 1.57. The fourth-order valence-corrected chi connectivity index (χ4v) is 3.43. The Kier molecular flexibility index (Phi) is 9.27. The monoisotopic (exact) mass is 512 g/mol. The lowest BCUT2D eigenvalue weighted by atomic mass is 9.95. The molecule has 5 atom stereocenters. The van der Waals surface area contributed by atoms with Gasteiger partial charge in [-0.05, 0) is 18.3 Å². The zero-order valence-electron chi connectivity index (χ0n) is 18.6. The Bertz CT molecular complexity index is 1070. The zero-order chi connectivity index (χ0) is 26.3. The fraction of sp³-hybridized carbons (Fsp3) is 0.474. The second kappa shape index (κ2) is 11.9. The lowest BCUT2D eigenvalue weighted by molar-refractivity contribution is -0.393. The van der Waals surface area contributed by atoms with Crippen molar-refractivity contribution in [1.82, 2.24) is 0 Å². The van der Waals surface area contributed by atoms with Crippen molar-refractivity contribution in [3.05, 3.63) is 38.4 Å². The number of ether oxygens (including phenoxy) is 4. The molecule has 1 fully saturated rings. The van der Waals surface area contributed by atoms with Crippen molar-refractivity contribution in [3.63, 3.8) is 0 Å². The summed E-state index contributed by atoms with van der Waals surface area (Å²) in [7, 11) is 0. The number of nitro benzene ring substituents is 2. The smallest absolute Gasteiger partial charge is 0.303 e. The highest BCUT2D eigenvalue weighted by Crippen LogP contribution is 2.34. The van der Waals surface area contributed by atoms with Crippen LogP contribution in [-0.2, 0) is 33.3 Å². The van der Waals surface area contributed by atoms with Gasteiger partial charge in [-0.1, -0.05) is 0 Å². The molecule has 1 aliphatic rings. The van der Waals surface area contributed by atoms with Gasteiger partial charge in [-0.3, -0.25) is 34.6 Å². The number of anilines is 1. The van der Waals surface area contributed by atoms with Crippen LogP contribution in [0.25, 0.3) is 0 Å². The first-order chi connectivity index (χ1) is 16.4. The van der Waals surface area contributed by atoms with Crippen molar-refractivity contribution < 1.29 is 43.2 Å². The van der Waals surface area contributed by atoms with Gasteiger partial charge in [0.05, 0.1) is 21.1 Å². The predicted octanol–water partition coefficient (Wildman–Crippen LogP) is 1.54. The number of benzene rings is 1. The van der Waals surface area contributed by atoms with Gasteiger partial charge in [-0.15, -0.1) is 0 Å². The van der Waals surface area contributed by atoms with Gasteiger partial charge in [0.1, 0.15) is 24.4 Å². The van der Waals surface area contributed by atoms with Crippen LogP contribution in [0.1, 0.15) is 20.8 Å². The van der Waals surface area contributed by atoms with Crippen LogP contribution in [0.4, 0.5) is 17.1 Å². The van der Waals surface area contributed by atoms with Crippen LogP contribution >= 0.6 is 12.2 Å². The summed E-state index contributed by atoms with van der Waals surface area (Å²) in [5.41, 5.74) is -1.42. The number of rotatable bonds is 9. The average molecular weight is 512 g/mol. The lowest BCUT2D eigenvalue weighted by Crippen LogP contribution is -2.63. The number of carbonyl (C=O) groups excluding carboxylic acids is 3. The summed E-state index contributed by atoms with van der Waals surface area (Å²) in [5.74, 6) is -2.27. The summed E-state index contributed by atoms with van der Waals surface area (Å²) in [6.07, 6.45) is -5.22. The van der Waals surface area contributed by atoms with E-state index in [1.165, 1.54) is 0 Å². The SMILES string of the molecule is CC(=O)OC[C@H]1O[C@H](N=C=S)[C@H](Nc2ccc([N+](=O)[O-])cc2[N+](=O)[O-])[C@H](OC(C)=O)[C@H]1OC(C)=O. The average Bonchev–Trinajstić information content (AvgIpc) is 2.75. The van der Waals surface area contributed by atoms with E-state index in [9.17, 15) is 34.6 Å². The van der Waals surface area contributed by atoms with Gasteiger partial charge in [-0.2, -0.15) is 4.99 Å². The largest absolute Gasteiger partial charge is 0.463 e. The highest BCUT2D eigenvalue weighted by molar-refractivity contribution is 7.78. The molecule has 1 N–H and O–H groups in total. The number of aliphatic imine (C=N–C) groups is 1. The van der Waals surface area contributed by atoms with E-state index in [0.29, 0.717) is 0 Å². The van der Waals surface area contributed by atoms with Crippen LogP contribution in [0.2, 0.25) is 0 Å². The second-order valence-electron chi connectivity index (χ2n) is 7.12. The van der Waals surface area contributed by atoms with Gasteiger partial charge in [0.2, 0.25) is 0 Å². The molecule has 0 aromatic heterocycles. The Morgan fingerprint density at radius 2 is 1.71 bits per heavy atom. The number of nitro groups is 2. The standard InChI is InChI=1S/C19H20N4O11S/c1-9(24)31-7-15-17(32-10(2)25)18(33-11(3)26)16(19(34-15)20-8-35)21-13-5-4-12(22(27)28)6-14(13)23(29)30/h4-6,15-19,21H,7H2,1-3H3/t15-,16-,17+,18+,19+/m1/s1.